The van der Waals surface area contributed by atoms with Crippen LogP contribution < -0.4 is 10.1 Å². The number of ether oxygens (including phenoxy) is 1. The molecular weight excluding hydrogens is 489 g/mol. The molecule has 0 bridgehead atoms. The molecule has 37 heavy (non-hydrogen) atoms. The predicted molar refractivity (Wildman–Crippen MR) is 144 cm³/mol. The zero-order valence-corrected chi connectivity index (χ0v) is 22.7. The van der Waals surface area contributed by atoms with Crippen LogP contribution in [0.15, 0.2) is 36.7 Å². The van der Waals surface area contributed by atoms with Crippen molar-refractivity contribution in [1.29, 1.82) is 0 Å². The molecule has 5 rings (SSSR count). The van der Waals surface area contributed by atoms with Gasteiger partial charge in [0.1, 0.15) is 27.2 Å². The van der Waals surface area contributed by atoms with E-state index in [1.807, 2.05) is 38.2 Å². The van der Waals surface area contributed by atoms with E-state index in [1.165, 1.54) is 12.7 Å². The highest BCUT2D eigenvalue weighted by Crippen LogP contribution is 2.46. The Hall–Kier alpha value is -3.00. The number of nitrogens with zero attached hydrogens (tertiary/aromatic N) is 2. The van der Waals surface area contributed by atoms with Crippen LogP contribution in [0.25, 0.3) is 11.1 Å². The van der Waals surface area contributed by atoms with Crippen molar-refractivity contribution in [2.24, 2.45) is 5.92 Å². The predicted octanol–water partition coefficient (Wildman–Crippen LogP) is 5.94. The van der Waals surface area contributed by atoms with Crippen LogP contribution in [0.1, 0.15) is 66.1 Å². The fourth-order valence-electron chi connectivity index (χ4n) is 5.55. The van der Waals surface area contributed by atoms with E-state index >= 15 is 4.39 Å². The summed E-state index contributed by atoms with van der Waals surface area (Å²) in [7, 11) is -3.00. The van der Waals surface area contributed by atoms with E-state index in [1.54, 1.807) is 12.3 Å². The second-order valence-corrected chi connectivity index (χ2v) is 12.9. The number of fused-ring (bicyclic) bond motifs is 1. The lowest BCUT2D eigenvalue weighted by Crippen LogP contribution is -2.11. The maximum Gasteiger partial charge on any atom is 0.147 e. The third kappa shape index (κ3) is 5.64. The van der Waals surface area contributed by atoms with Crippen molar-refractivity contribution in [2.45, 2.75) is 58.4 Å². The fourth-order valence-corrected chi connectivity index (χ4v) is 6.20. The summed E-state index contributed by atoms with van der Waals surface area (Å²) < 4.78 is 43.7. The Kier molecular flexibility index (Phi) is 6.96. The monoisotopic (exact) mass is 523 g/mol. The molecule has 2 aromatic carbocycles. The molecule has 1 fully saturated rings. The first kappa shape index (κ1) is 25.6. The molecule has 8 heteroatoms. The summed E-state index contributed by atoms with van der Waals surface area (Å²) in [5, 5.41) is 3.42. The van der Waals surface area contributed by atoms with Gasteiger partial charge < -0.3 is 10.1 Å². The third-order valence-corrected chi connectivity index (χ3v) is 8.55. The molecule has 0 aliphatic heterocycles. The number of sulfone groups is 1. The molecule has 1 heterocycles. The van der Waals surface area contributed by atoms with Gasteiger partial charge in [-0.1, -0.05) is 13.0 Å². The molecule has 1 N–H and O–H groups in total. The first-order chi connectivity index (χ1) is 17.6. The van der Waals surface area contributed by atoms with E-state index in [0.29, 0.717) is 42.0 Å². The number of hydrogen-bond donors (Lipinski definition) is 1. The zero-order chi connectivity index (χ0) is 26.3. The van der Waals surface area contributed by atoms with E-state index in [0.717, 1.165) is 46.4 Å². The van der Waals surface area contributed by atoms with Gasteiger partial charge in [0.2, 0.25) is 0 Å². The molecule has 3 aromatic rings. The van der Waals surface area contributed by atoms with E-state index in [-0.39, 0.29) is 17.6 Å². The van der Waals surface area contributed by atoms with Gasteiger partial charge in [0, 0.05) is 17.7 Å². The summed E-state index contributed by atoms with van der Waals surface area (Å²) in [5.74, 6) is 2.48. The number of halogens is 1. The third-order valence-electron chi connectivity index (χ3n) is 7.52. The Morgan fingerprint density at radius 3 is 2.49 bits per heavy atom. The van der Waals surface area contributed by atoms with Gasteiger partial charge in [-0.15, -0.1) is 0 Å². The first-order valence-corrected chi connectivity index (χ1v) is 15.0. The van der Waals surface area contributed by atoms with Crippen molar-refractivity contribution < 1.29 is 17.5 Å². The second-order valence-electron chi connectivity index (χ2n) is 10.6. The molecule has 1 aromatic heterocycles. The van der Waals surface area contributed by atoms with E-state index in [2.05, 4.69) is 22.2 Å². The molecule has 0 radical (unpaired) electrons. The number of nitrogens with one attached hydrogen (secondary N) is 1. The SMILES string of the molecule is Cc1cc(OCCCS(C)(=O)=O)cc(C)c1-c1ccc(F)c2c1CC[C@H]2Nc1cnc([C@H]2C[C@@H]2C)cn1. The van der Waals surface area contributed by atoms with Gasteiger partial charge in [-0.3, -0.25) is 4.98 Å². The summed E-state index contributed by atoms with van der Waals surface area (Å²) >= 11 is 0. The highest BCUT2D eigenvalue weighted by Gasteiger charge is 2.35. The van der Waals surface area contributed by atoms with Crippen LogP contribution in [-0.4, -0.2) is 37.0 Å². The molecule has 1 saturated carbocycles. The minimum absolute atomic E-state index is 0.107. The van der Waals surface area contributed by atoms with Crippen LogP contribution in [0.4, 0.5) is 10.2 Å². The summed E-state index contributed by atoms with van der Waals surface area (Å²) in [6.07, 6.45) is 8.02. The number of aromatic nitrogens is 2. The molecule has 0 amide bonds. The van der Waals surface area contributed by atoms with Crippen molar-refractivity contribution in [3.8, 4) is 16.9 Å². The molecule has 0 spiro atoms. The number of hydrogen-bond acceptors (Lipinski definition) is 6. The Balaban J connectivity index is 1.36. The van der Waals surface area contributed by atoms with Gasteiger partial charge in [0.15, 0.2) is 0 Å². The highest BCUT2D eigenvalue weighted by atomic mass is 32.2. The van der Waals surface area contributed by atoms with E-state index < -0.39 is 9.84 Å². The average Bonchev–Trinajstić information content (AvgIpc) is 3.41. The van der Waals surface area contributed by atoms with E-state index in [4.69, 9.17) is 4.74 Å². The molecule has 0 unspecified atom stereocenters. The normalized spacial score (nSPS) is 20.5. The van der Waals surface area contributed by atoms with Crippen LogP contribution in [-0.2, 0) is 16.3 Å². The minimum atomic E-state index is -3.00. The summed E-state index contributed by atoms with van der Waals surface area (Å²) in [6.45, 7) is 6.63. The van der Waals surface area contributed by atoms with Crippen molar-refractivity contribution in [3.05, 3.63) is 70.4 Å². The maximum atomic E-state index is 15.1. The van der Waals surface area contributed by atoms with Gasteiger partial charge in [-0.25, -0.2) is 17.8 Å². The lowest BCUT2D eigenvalue weighted by molar-refractivity contribution is 0.317. The van der Waals surface area contributed by atoms with Crippen molar-refractivity contribution in [3.63, 3.8) is 0 Å². The average molecular weight is 524 g/mol. The lowest BCUT2D eigenvalue weighted by Gasteiger charge is -2.19. The van der Waals surface area contributed by atoms with E-state index in [9.17, 15) is 8.42 Å². The summed E-state index contributed by atoms with van der Waals surface area (Å²) in [5.41, 5.74) is 6.98. The van der Waals surface area contributed by atoms with Crippen molar-refractivity contribution in [1.82, 2.24) is 9.97 Å². The quantitative estimate of drug-likeness (QED) is 0.350. The van der Waals surface area contributed by atoms with Crippen LogP contribution in [0, 0.1) is 25.6 Å². The topological polar surface area (TPSA) is 81.2 Å². The van der Waals surface area contributed by atoms with Crippen LogP contribution in [0.2, 0.25) is 0 Å². The highest BCUT2D eigenvalue weighted by molar-refractivity contribution is 7.90. The Morgan fingerprint density at radius 2 is 1.86 bits per heavy atom. The first-order valence-electron chi connectivity index (χ1n) is 12.9. The van der Waals surface area contributed by atoms with Gasteiger partial charge in [0.05, 0.1) is 36.5 Å². The van der Waals surface area contributed by atoms with Gasteiger partial charge in [0.25, 0.3) is 0 Å². The fraction of sp³-hybridized carbons (Fsp3) is 0.448. The largest absolute Gasteiger partial charge is 0.494 e. The Labute approximate surface area is 218 Å². The molecule has 6 nitrogen and oxygen atoms in total. The molecule has 0 saturated heterocycles. The van der Waals surface area contributed by atoms with Crippen molar-refractivity contribution in [2.75, 3.05) is 23.9 Å². The summed E-state index contributed by atoms with van der Waals surface area (Å²) in [4.78, 5) is 9.15. The van der Waals surface area contributed by atoms with Crippen LogP contribution in [0.3, 0.4) is 0 Å². The molecule has 196 valence electrons. The number of benzene rings is 2. The van der Waals surface area contributed by atoms with Crippen LogP contribution >= 0.6 is 0 Å². The zero-order valence-electron chi connectivity index (χ0n) is 21.8. The second kappa shape index (κ2) is 10.0. The number of rotatable bonds is 9. The molecule has 3 atom stereocenters. The maximum absolute atomic E-state index is 15.1. The molecule has 2 aliphatic carbocycles. The lowest BCUT2D eigenvalue weighted by atomic mass is 9.90. The number of aryl methyl sites for hydroxylation is 2. The standard InChI is InChI=1S/C29H34FN3O3S/c1-17-14-23(17)26-15-32-27(16-31-26)33-25-9-7-22-21(6-8-24(30)29(22)25)28-18(2)12-20(13-19(28)3)36-10-5-11-37(4,34)35/h6,8,12-13,15-17,23,25H,5,7,9-11,14H2,1-4H3,(H,32,33)/t17-,23-,25+/m0/s1. The Morgan fingerprint density at radius 1 is 1.14 bits per heavy atom. The molecular formula is C29H34FN3O3S. The summed E-state index contributed by atoms with van der Waals surface area (Å²) in [6, 6.07) is 7.23. The van der Waals surface area contributed by atoms with Crippen LogP contribution in [0.5, 0.6) is 5.75 Å². The number of anilines is 1. The Bertz CT molecular complexity index is 1400. The van der Waals surface area contributed by atoms with Crippen molar-refractivity contribution >= 4 is 15.7 Å². The molecule has 2 aliphatic rings. The van der Waals surface area contributed by atoms with Gasteiger partial charge in [-0.05, 0) is 91.5 Å². The van der Waals surface area contributed by atoms with Gasteiger partial charge >= 0.3 is 0 Å². The van der Waals surface area contributed by atoms with Gasteiger partial charge in [-0.2, -0.15) is 0 Å². The smallest absolute Gasteiger partial charge is 0.147 e. The minimum Gasteiger partial charge on any atom is -0.494 e.